The number of rotatable bonds is 15. The quantitative estimate of drug-likeness (QED) is 0.0673. The summed E-state index contributed by atoms with van der Waals surface area (Å²) in [5.41, 5.74) is 12.5. The lowest BCUT2D eigenvalue weighted by Crippen LogP contribution is -2.54. The number of carboxylic acids is 1. The molecule has 3 aromatic rings. The van der Waals surface area contributed by atoms with E-state index >= 15 is 0 Å². The summed E-state index contributed by atoms with van der Waals surface area (Å²) in [6.07, 6.45) is 3.77. The Kier molecular flexibility index (Phi) is 11.3. The lowest BCUT2D eigenvalue weighted by Gasteiger charge is -2.24. The van der Waals surface area contributed by atoms with Crippen LogP contribution in [0.15, 0.2) is 78.2 Å². The van der Waals surface area contributed by atoms with Gasteiger partial charge in [0.1, 0.15) is 30.9 Å². The van der Waals surface area contributed by atoms with Crippen LogP contribution in [0.3, 0.4) is 0 Å². The number of aromatic nitrogens is 2. The van der Waals surface area contributed by atoms with Gasteiger partial charge in [0, 0.05) is 30.9 Å². The Hall–Kier alpha value is -5.86. The number of cyclic esters (lactones) is 1. The van der Waals surface area contributed by atoms with E-state index in [2.05, 4.69) is 25.6 Å². The number of hydrogen-bond donors (Lipinski definition) is 5. The van der Waals surface area contributed by atoms with Crippen molar-refractivity contribution in [2.24, 2.45) is 16.5 Å². The molecule has 4 rings (SSSR count). The maximum atomic E-state index is 13.5. The Labute approximate surface area is 264 Å². The molecule has 1 aromatic heterocycles. The highest BCUT2D eigenvalue weighted by molar-refractivity contribution is 6.07. The number of aliphatic imine (C=N–C) groups is 1. The van der Waals surface area contributed by atoms with Crippen LogP contribution in [0.2, 0.25) is 0 Å². The normalized spacial score (nSPS) is 15.3. The molecule has 0 bridgehead atoms. The molecule has 15 nitrogen and oxygen atoms in total. The SMILES string of the molecule is NC(N)=NCCC[C@H](NC(=O)[C@H](Cc1ccc(C(=O)c2cnccn2)cc1)NC(=O)CN1C(=O)OC[C@@H]1c1ccccc1)C(=O)O. The standard InChI is InChI=1S/C31H34N8O7/c32-30(33)36-12-4-7-22(29(43)44)38-28(42)23(15-19-8-10-21(11-9-19)27(41)24-16-34-13-14-35-24)37-26(40)17-39-25(18-46-31(39)45)20-5-2-1-3-6-20/h1-3,5-6,8-11,13-14,16,22-23,25H,4,7,12,15,17-18H2,(H,37,40)(H,38,42)(H,43,44)(H4,32,33,36)/t22-,23-,25+/m0/s1. The molecule has 2 heterocycles. The fraction of sp³-hybridized carbons (Fsp3) is 0.290. The number of carbonyl (C=O) groups is 5. The predicted molar refractivity (Wildman–Crippen MR) is 164 cm³/mol. The highest BCUT2D eigenvalue weighted by Crippen LogP contribution is 2.27. The third kappa shape index (κ3) is 9.07. The molecular formula is C31H34N8O7. The molecule has 0 radical (unpaired) electrons. The van der Waals surface area contributed by atoms with Gasteiger partial charge in [-0.15, -0.1) is 0 Å². The van der Waals surface area contributed by atoms with E-state index in [0.29, 0.717) is 11.1 Å². The number of guanidine groups is 1. The summed E-state index contributed by atoms with van der Waals surface area (Å²) in [7, 11) is 0. The first-order chi connectivity index (χ1) is 22.1. The number of nitrogens with two attached hydrogens (primary N) is 2. The topological polar surface area (TPSA) is 232 Å². The molecule has 1 fully saturated rings. The van der Waals surface area contributed by atoms with Gasteiger partial charge < -0.3 is 31.9 Å². The number of ether oxygens (including phenoxy) is 1. The minimum absolute atomic E-state index is 0.0239. The van der Waals surface area contributed by atoms with Crippen molar-refractivity contribution in [2.45, 2.75) is 37.4 Å². The summed E-state index contributed by atoms with van der Waals surface area (Å²) in [6, 6.07) is 12.4. The second-order valence-electron chi connectivity index (χ2n) is 10.4. The van der Waals surface area contributed by atoms with Gasteiger partial charge in [-0.05, 0) is 24.0 Å². The highest BCUT2D eigenvalue weighted by Gasteiger charge is 2.36. The first kappa shape index (κ1) is 33.0. The zero-order valence-corrected chi connectivity index (χ0v) is 24.7. The Morgan fingerprint density at radius 1 is 1.02 bits per heavy atom. The number of ketones is 1. The van der Waals surface area contributed by atoms with Crippen molar-refractivity contribution in [3.05, 3.63) is 95.6 Å². The number of benzene rings is 2. The van der Waals surface area contributed by atoms with Crippen molar-refractivity contribution >= 4 is 35.6 Å². The Balaban J connectivity index is 1.50. The van der Waals surface area contributed by atoms with Gasteiger partial charge in [0.25, 0.3) is 0 Å². The van der Waals surface area contributed by atoms with Gasteiger partial charge in [-0.3, -0.25) is 29.3 Å². The van der Waals surface area contributed by atoms with Gasteiger partial charge in [0.15, 0.2) is 5.96 Å². The molecule has 1 aliphatic heterocycles. The first-order valence-corrected chi connectivity index (χ1v) is 14.4. The third-order valence-corrected chi connectivity index (χ3v) is 7.14. The molecule has 2 aromatic carbocycles. The summed E-state index contributed by atoms with van der Waals surface area (Å²) in [5, 5.41) is 14.9. The number of amides is 3. The summed E-state index contributed by atoms with van der Waals surface area (Å²) in [6.45, 7) is -0.190. The van der Waals surface area contributed by atoms with Gasteiger partial charge in [0.2, 0.25) is 17.6 Å². The first-order valence-electron chi connectivity index (χ1n) is 14.4. The second-order valence-corrected chi connectivity index (χ2v) is 10.4. The number of nitrogens with one attached hydrogen (secondary N) is 2. The van der Waals surface area contributed by atoms with Crippen LogP contribution in [0.5, 0.6) is 0 Å². The number of carboxylic acid groups (broad SMARTS) is 1. The molecular weight excluding hydrogens is 596 g/mol. The van der Waals surface area contributed by atoms with Gasteiger partial charge in [0.05, 0.1) is 12.2 Å². The molecule has 1 saturated heterocycles. The van der Waals surface area contributed by atoms with E-state index in [0.717, 1.165) is 5.56 Å². The zero-order chi connectivity index (χ0) is 33.1. The van der Waals surface area contributed by atoms with E-state index in [-0.39, 0.29) is 49.9 Å². The van der Waals surface area contributed by atoms with Crippen molar-refractivity contribution in [3.8, 4) is 0 Å². The average molecular weight is 631 g/mol. The molecule has 7 N–H and O–H groups in total. The zero-order valence-electron chi connectivity index (χ0n) is 24.7. The molecule has 1 aliphatic rings. The Morgan fingerprint density at radius 3 is 2.41 bits per heavy atom. The van der Waals surface area contributed by atoms with Crippen molar-refractivity contribution in [1.29, 1.82) is 0 Å². The Morgan fingerprint density at radius 2 is 1.76 bits per heavy atom. The predicted octanol–water partition coefficient (Wildman–Crippen LogP) is 0.551. The minimum Gasteiger partial charge on any atom is -0.480 e. The van der Waals surface area contributed by atoms with Crippen molar-refractivity contribution in [1.82, 2.24) is 25.5 Å². The second kappa shape index (κ2) is 15.7. The van der Waals surface area contributed by atoms with E-state index < -0.39 is 48.5 Å². The number of hydrogen-bond acceptors (Lipinski definition) is 9. The highest BCUT2D eigenvalue weighted by atomic mass is 16.6. The molecule has 0 spiro atoms. The maximum absolute atomic E-state index is 13.5. The molecule has 15 heteroatoms. The van der Waals surface area contributed by atoms with Crippen molar-refractivity contribution in [3.63, 3.8) is 0 Å². The smallest absolute Gasteiger partial charge is 0.410 e. The summed E-state index contributed by atoms with van der Waals surface area (Å²) < 4.78 is 5.19. The average Bonchev–Trinajstić information content (AvgIpc) is 3.41. The van der Waals surface area contributed by atoms with Crippen LogP contribution < -0.4 is 22.1 Å². The van der Waals surface area contributed by atoms with Crippen LogP contribution in [-0.4, -0.2) is 87.4 Å². The fourth-order valence-electron chi connectivity index (χ4n) is 4.81. The maximum Gasteiger partial charge on any atom is 0.410 e. The van der Waals surface area contributed by atoms with Crippen molar-refractivity contribution in [2.75, 3.05) is 19.7 Å². The van der Waals surface area contributed by atoms with Gasteiger partial charge in [-0.25, -0.2) is 14.6 Å². The summed E-state index contributed by atoms with van der Waals surface area (Å²) >= 11 is 0. The van der Waals surface area contributed by atoms with E-state index in [9.17, 15) is 29.1 Å². The Bertz CT molecular complexity index is 1560. The number of nitrogens with zero attached hydrogens (tertiary/aromatic N) is 4. The fourth-order valence-corrected chi connectivity index (χ4v) is 4.81. The van der Waals surface area contributed by atoms with Gasteiger partial charge in [-0.1, -0.05) is 54.6 Å². The largest absolute Gasteiger partial charge is 0.480 e. The number of aliphatic carboxylic acids is 1. The third-order valence-electron chi connectivity index (χ3n) is 7.14. The van der Waals surface area contributed by atoms with E-state index in [4.69, 9.17) is 16.2 Å². The van der Waals surface area contributed by atoms with Crippen LogP contribution in [0, 0.1) is 0 Å². The van der Waals surface area contributed by atoms with Crippen molar-refractivity contribution < 1.29 is 33.8 Å². The summed E-state index contributed by atoms with van der Waals surface area (Å²) in [5.74, 6) is -3.18. The van der Waals surface area contributed by atoms with E-state index in [1.807, 2.05) is 18.2 Å². The molecule has 46 heavy (non-hydrogen) atoms. The van der Waals surface area contributed by atoms with E-state index in [1.165, 1.54) is 23.5 Å². The van der Waals surface area contributed by atoms with Gasteiger partial charge >= 0.3 is 12.1 Å². The lowest BCUT2D eigenvalue weighted by atomic mass is 10.0. The number of carbonyl (C=O) groups excluding carboxylic acids is 4. The summed E-state index contributed by atoms with van der Waals surface area (Å²) in [4.78, 5) is 76.9. The molecule has 0 aliphatic carbocycles. The van der Waals surface area contributed by atoms with Crippen LogP contribution in [0.1, 0.15) is 46.1 Å². The molecule has 3 atom stereocenters. The van der Waals surface area contributed by atoms with Crippen LogP contribution in [0.25, 0.3) is 0 Å². The van der Waals surface area contributed by atoms with E-state index in [1.54, 1.807) is 36.4 Å². The molecule has 240 valence electrons. The van der Waals surface area contributed by atoms with Crippen LogP contribution >= 0.6 is 0 Å². The monoisotopic (exact) mass is 630 g/mol. The molecule has 0 saturated carbocycles. The minimum atomic E-state index is -1.29. The lowest BCUT2D eigenvalue weighted by molar-refractivity contribution is -0.142. The molecule has 0 unspecified atom stereocenters. The van der Waals surface area contributed by atoms with Gasteiger partial charge in [-0.2, -0.15) is 0 Å². The van der Waals surface area contributed by atoms with Crippen LogP contribution in [-0.2, 0) is 25.5 Å². The van der Waals surface area contributed by atoms with Crippen LogP contribution in [0.4, 0.5) is 4.79 Å². The molecule has 3 amide bonds.